The lowest BCUT2D eigenvalue weighted by Gasteiger charge is -2.38. The van der Waals surface area contributed by atoms with Crippen molar-refractivity contribution >= 4 is 92.3 Å². The second-order valence-corrected chi connectivity index (χ2v) is 14.5. The molecule has 2 aliphatic carbocycles. The number of carbonyl (C=O) groups is 2. The van der Waals surface area contributed by atoms with E-state index in [1.165, 1.54) is 0 Å². The summed E-state index contributed by atoms with van der Waals surface area (Å²) in [7, 11) is 0. The summed E-state index contributed by atoms with van der Waals surface area (Å²) < 4.78 is -3.51. The number of allylic oxidation sites excluding steroid dienone is 6. The highest BCUT2D eigenvalue weighted by molar-refractivity contribution is 6.69. The molecule has 0 amide bonds. The van der Waals surface area contributed by atoms with E-state index in [2.05, 4.69) is 0 Å². The van der Waals surface area contributed by atoms with Crippen molar-refractivity contribution in [2.45, 2.75) is 35.3 Å². The van der Waals surface area contributed by atoms with Gasteiger partial charge in [0.2, 0.25) is 0 Å². The van der Waals surface area contributed by atoms with Gasteiger partial charge in [-0.05, 0) is 34.4 Å². The van der Waals surface area contributed by atoms with E-state index in [0.29, 0.717) is 44.5 Å². The van der Waals surface area contributed by atoms with Crippen LogP contribution in [0.25, 0.3) is 11.1 Å². The van der Waals surface area contributed by atoms with Gasteiger partial charge in [0.25, 0.3) is 0 Å². The lowest BCUT2D eigenvalue weighted by atomic mass is 9.71. The van der Waals surface area contributed by atoms with Crippen LogP contribution in [0.1, 0.15) is 59.5 Å². The number of hydrogen-bond donors (Lipinski definition) is 0. The number of alkyl halides is 6. The maximum atomic E-state index is 13.6. The second kappa shape index (κ2) is 9.19. The largest absolute Gasteiger partial charge is 0.289 e. The fourth-order valence-electron chi connectivity index (χ4n) is 4.38. The molecule has 8 heteroatoms. The van der Waals surface area contributed by atoms with Crippen molar-refractivity contribution in [1.29, 1.82) is 0 Å². The van der Waals surface area contributed by atoms with E-state index in [1.54, 1.807) is 64.1 Å². The minimum Gasteiger partial charge on any atom is -0.289 e. The smallest absolute Gasteiger partial charge is 0.199 e. The number of rotatable bonds is 2. The first kappa shape index (κ1) is 27.8. The first-order valence-electron chi connectivity index (χ1n) is 11.1. The summed E-state index contributed by atoms with van der Waals surface area (Å²) in [6, 6.07) is 14.5. The van der Waals surface area contributed by atoms with Gasteiger partial charge < -0.3 is 0 Å². The quantitative estimate of drug-likeness (QED) is 0.321. The zero-order chi connectivity index (χ0) is 26.8. The summed E-state index contributed by atoms with van der Waals surface area (Å²) >= 11 is 38.0. The van der Waals surface area contributed by atoms with E-state index in [1.807, 2.05) is 24.3 Å². The molecule has 36 heavy (non-hydrogen) atoms. The van der Waals surface area contributed by atoms with E-state index in [0.717, 1.165) is 0 Å². The summed E-state index contributed by atoms with van der Waals surface area (Å²) in [5.74, 6) is -0.449. The standard InChI is InChI=1S/C28H22Cl6O2/c1-25(2,27(29,30)31)21-13-19(15-9-5-7-11-17(15)23(21)35)20-14-22(26(3,4)28(32,33)34)24(36)18-12-8-6-10-16(18)20/h5-14H,1-4H3/b20-19+. The summed E-state index contributed by atoms with van der Waals surface area (Å²) in [6.07, 6.45) is 3.51. The van der Waals surface area contributed by atoms with E-state index in [9.17, 15) is 9.59 Å². The summed E-state index contributed by atoms with van der Waals surface area (Å²) in [4.78, 5) is 27.2. The Labute approximate surface area is 240 Å². The average molecular weight is 603 g/mol. The Morgan fingerprint density at radius 1 is 0.500 bits per heavy atom. The van der Waals surface area contributed by atoms with Crippen LogP contribution in [-0.4, -0.2) is 19.2 Å². The molecular weight excluding hydrogens is 581 g/mol. The van der Waals surface area contributed by atoms with Crippen LogP contribution in [0.15, 0.2) is 71.8 Å². The first-order chi connectivity index (χ1) is 16.5. The molecule has 0 fully saturated rings. The lowest BCUT2D eigenvalue weighted by Crippen LogP contribution is -2.36. The molecule has 0 radical (unpaired) electrons. The third kappa shape index (κ3) is 4.38. The van der Waals surface area contributed by atoms with Crippen molar-refractivity contribution in [3.63, 3.8) is 0 Å². The van der Waals surface area contributed by atoms with Crippen LogP contribution in [0, 0.1) is 10.8 Å². The molecule has 2 aliphatic rings. The van der Waals surface area contributed by atoms with E-state index in [4.69, 9.17) is 69.6 Å². The minimum atomic E-state index is -1.75. The second-order valence-electron chi connectivity index (χ2n) is 9.94. The Morgan fingerprint density at radius 3 is 1.06 bits per heavy atom. The Kier molecular flexibility index (Phi) is 7.09. The fourth-order valence-corrected chi connectivity index (χ4v) is 4.99. The number of halogens is 6. The summed E-state index contributed by atoms with van der Waals surface area (Å²) in [6.45, 7) is 6.86. The minimum absolute atomic E-state index is 0.225. The lowest BCUT2D eigenvalue weighted by molar-refractivity contribution is 0.0997. The highest BCUT2D eigenvalue weighted by Crippen LogP contribution is 2.54. The maximum absolute atomic E-state index is 13.6. The molecule has 0 heterocycles. The molecule has 4 rings (SSSR count). The zero-order valence-electron chi connectivity index (χ0n) is 19.9. The molecule has 0 N–H and O–H groups in total. The van der Waals surface area contributed by atoms with Crippen LogP contribution in [0.2, 0.25) is 0 Å². The van der Waals surface area contributed by atoms with Crippen molar-refractivity contribution in [1.82, 2.24) is 0 Å². The SMILES string of the molecule is CC(C)(C1=C/C(=C2/C=C(C(C)(C)C(Cl)(Cl)Cl)C(=O)c3ccccc32)c2ccccc2C1=O)C(Cl)(Cl)Cl. The third-order valence-electron chi connectivity index (χ3n) is 7.04. The molecule has 2 aromatic rings. The van der Waals surface area contributed by atoms with Crippen molar-refractivity contribution in [3.05, 3.63) is 94.1 Å². The zero-order valence-corrected chi connectivity index (χ0v) is 24.4. The number of benzene rings is 2. The summed E-state index contributed by atoms with van der Waals surface area (Å²) in [5, 5.41) is 0. The van der Waals surface area contributed by atoms with E-state index in [-0.39, 0.29) is 11.6 Å². The highest BCUT2D eigenvalue weighted by atomic mass is 35.6. The molecule has 0 unspecified atom stereocenters. The van der Waals surface area contributed by atoms with Crippen LogP contribution in [-0.2, 0) is 0 Å². The van der Waals surface area contributed by atoms with Crippen molar-refractivity contribution in [2.75, 3.05) is 0 Å². The normalized spacial score (nSPS) is 18.9. The predicted octanol–water partition coefficient (Wildman–Crippen LogP) is 9.64. The third-order valence-corrected chi connectivity index (χ3v) is 9.88. The summed E-state index contributed by atoms with van der Waals surface area (Å²) in [5.41, 5.74) is 2.21. The average Bonchev–Trinajstić information content (AvgIpc) is 2.78. The Morgan fingerprint density at radius 2 is 0.778 bits per heavy atom. The van der Waals surface area contributed by atoms with Crippen LogP contribution in [0.4, 0.5) is 0 Å². The number of fused-ring (bicyclic) bond motifs is 2. The molecule has 188 valence electrons. The number of ketones is 2. The molecule has 0 saturated heterocycles. The van der Waals surface area contributed by atoms with Crippen molar-refractivity contribution in [3.8, 4) is 0 Å². The van der Waals surface area contributed by atoms with Gasteiger partial charge in [0.1, 0.15) is 0 Å². The molecule has 0 atom stereocenters. The molecule has 0 saturated carbocycles. The van der Waals surface area contributed by atoms with Gasteiger partial charge in [-0.15, -0.1) is 0 Å². The molecule has 0 aromatic heterocycles. The van der Waals surface area contributed by atoms with Gasteiger partial charge in [0.15, 0.2) is 19.2 Å². The van der Waals surface area contributed by atoms with Crippen LogP contribution < -0.4 is 0 Å². The van der Waals surface area contributed by atoms with Gasteiger partial charge in [-0.2, -0.15) is 0 Å². The Bertz CT molecular complexity index is 1280. The van der Waals surface area contributed by atoms with Crippen LogP contribution >= 0.6 is 69.6 Å². The van der Waals surface area contributed by atoms with Gasteiger partial charge in [0.05, 0.1) is 0 Å². The van der Waals surface area contributed by atoms with Crippen LogP contribution in [0.3, 0.4) is 0 Å². The molecular formula is C28H22Cl6O2. The molecule has 2 nitrogen and oxygen atoms in total. The molecule has 0 spiro atoms. The fraction of sp³-hybridized carbons (Fsp3) is 0.286. The number of Topliss-reactive ketones (excluding diaryl/α,β-unsaturated/α-hetero) is 2. The maximum Gasteiger partial charge on any atom is 0.199 e. The topological polar surface area (TPSA) is 34.1 Å². The predicted molar refractivity (Wildman–Crippen MR) is 153 cm³/mol. The van der Waals surface area contributed by atoms with Crippen molar-refractivity contribution in [2.24, 2.45) is 10.8 Å². The monoisotopic (exact) mass is 600 g/mol. The number of hydrogen-bond acceptors (Lipinski definition) is 2. The van der Waals surface area contributed by atoms with Crippen molar-refractivity contribution < 1.29 is 9.59 Å². The Balaban J connectivity index is 2.15. The van der Waals surface area contributed by atoms with Gasteiger partial charge >= 0.3 is 0 Å². The van der Waals surface area contributed by atoms with E-state index >= 15 is 0 Å². The molecule has 2 aromatic carbocycles. The van der Waals surface area contributed by atoms with Gasteiger partial charge in [-0.25, -0.2) is 0 Å². The highest BCUT2D eigenvalue weighted by Gasteiger charge is 2.49. The Hall–Kier alpha value is -1.26. The molecule has 0 aliphatic heterocycles. The first-order valence-corrected chi connectivity index (χ1v) is 13.4. The van der Waals surface area contributed by atoms with Gasteiger partial charge in [-0.1, -0.05) is 146 Å². The van der Waals surface area contributed by atoms with E-state index < -0.39 is 18.4 Å². The van der Waals surface area contributed by atoms with Crippen LogP contribution in [0.5, 0.6) is 0 Å². The van der Waals surface area contributed by atoms with Gasteiger partial charge in [0, 0.05) is 33.1 Å². The number of carbonyl (C=O) groups excluding carboxylic acids is 2. The van der Waals surface area contributed by atoms with Gasteiger partial charge in [-0.3, -0.25) is 9.59 Å². The molecule has 0 bridgehead atoms.